The number of allylic oxidation sites excluding steroid dienone is 4. The van der Waals surface area contributed by atoms with E-state index in [1.54, 1.807) is 48.5 Å². The van der Waals surface area contributed by atoms with E-state index in [2.05, 4.69) is 147 Å². The van der Waals surface area contributed by atoms with Crippen LogP contribution in [0.1, 0.15) is 98.4 Å². The zero-order chi connectivity index (χ0) is 37.0. The molecule has 4 aromatic rings. The Morgan fingerprint density at radius 3 is 1.51 bits per heavy atom. The van der Waals surface area contributed by atoms with Gasteiger partial charge in [-0.25, -0.2) is 6.08 Å². The molecule has 0 aromatic heterocycles. The Labute approximate surface area is 348 Å². The summed E-state index contributed by atoms with van der Waals surface area (Å²) in [4.78, 5) is 0. The summed E-state index contributed by atoms with van der Waals surface area (Å²) in [6.45, 7) is 24.9. The van der Waals surface area contributed by atoms with E-state index in [-0.39, 0.29) is 41.1 Å². The van der Waals surface area contributed by atoms with E-state index in [1.807, 2.05) is 0 Å². The SMILES string of the molecule is CC(C)(C)c1c[c-]c2c(c1)-c1cc(C(C)(C)C)ccc1C2.CC(C)C1[C-]=CC(C(C)(C)C)=C1.Cl.Cl.Clc1cc[c-]cc1.Clc1cc[c-]cc1.[CH2]=[Zr]. The summed E-state index contributed by atoms with van der Waals surface area (Å²) in [5, 5.41) is 1.53. The van der Waals surface area contributed by atoms with Crippen molar-refractivity contribution < 1.29 is 24.2 Å². The average Bonchev–Trinajstić information content (AvgIpc) is 3.69. The predicted octanol–water partition coefficient (Wildman–Crippen LogP) is 14.3. The van der Waals surface area contributed by atoms with E-state index in [1.165, 1.54) is 63.2 Å². The fraction of sp³-hybridized carbons (Fsp3) is 0.370. The van der Waals surface area contributed by atoms with Crippen molar-refractivity contribution in [3.05, 3.63) is 153 Å². The van der Waals surface area contributed by atoms with Crippen molar-refractivity contribution in [3.8, 4) is 11.1 Å². The summed E-state index contributed by atoms with van der Waals surface area (Å²) < 4.78 is 3.34. The van der Waals surface area contributed by atoms with E-state index in [0.717, 1.165) is 16.5 Å². The molecule has 0 amide bonds. The zero-order valence-corrected chi connectivity index (χ0v) is 37.9. The molecule has 1 atom stereocenters. The van der Waals surface area contributed by atoms with Crippen molar-refractivity contribution in [2.24, 2.45) is 17.3 Å². The van der Waals surface area contributed by atoms with Gasteiger partial charge in [-0.15, -0.1) is 53.6 Å². The van der Waals surface area contributed by atoms with Crippen molar-refractivity contribution in [2.75, 3.05) is 0 Å². The first-order chi connectivity index (χ1) is 22.9. The van der Waals surface area contributed by atoms with Gasteiger partial charge in [0.25, 0.3) is 0 Å². The summed E-state index contributed by atoms with van der Waals surface area (Å²) in [5.41, 5.74) is 10.5. The second-order valence-electron chi connectivity index (χ2n) is 15.7. The second-order valence-corrected chi connectivity index (χ2v) is 16.6. The average molecular weight is 842 g/mol. The molecule has 0 saturated heterocycles. The van der Waals surface area contributed by atoms with Gasteiger partial charge in [-0.05, 0) is 17.4 Å². The van der Waals surface area contributed by atoms with E-state index in [4.69, 9.17) is 23.2 Å². The fourth-order valence-corrected chi connectivity index (χ4v) is 5.30. The number of benzene rings is 4. The quantitative estimate of drug-likeness (QED) is 0.148. The van der Waals surface area contributed by atoms with Crippen LogP contribution in [0, 0.1) is 41.5 Å². The van der Waals surface area contributed by atoms with Gasteiger partial charge in [-0.1, -0.05) is 138 Å². The summed E-state index contributed by atoms with van der Waals surface area (Å²) in [5.74, 6) is 1.22. The number of fused-ring (bicyclic) bond motifs is 3. The van der Waals surface area contributed by atoms with Gasteiger partial charge >= 0.3 is 28.4 Å². The summed E-state index contributed by atoms with van der Waals surface area (Å²) in [6.07, 6.45) is 8.93. The third-order valence-corrected chi connectivity index (χ3v) is 8.76. The van der Waals surface area contributed by atoms with Gasteiger partial charge < -0.3 is 0 Å². The van der Waals surface area contributed by atoms with E-state index >= 15 is 0 Å². The molecular formula is C46H56Cl4Zr-4. The first-order valence-corrected chi connectivity index (χ1v) is 19.4. The van der Waals surface area contributed by atoms with Gasteiger partial charge in [-0.2, -0.15) is 102 Å². The van der Waals surface area contributed by atoms with Gasteiger partial charge in [0.1, 0.15) is 0 Å². The van der Waals surface area contributed by atoms with Crippen molar-refractivity contribution in [3.63, 3.8) is 0 Å². The molecule has 51 heavy (non-hydrogen) atoms. The van der Waals surface area contributed by atoms with Gasteiger partial charge in [-0.3, -0.25) is 6.08 Å². The number of hydrogen-bond acceptors (Lipinski definition) is 0. The molecule has 0 radical (unpaired) electrons. The fourth-order valence-electron chi connectivity index (χ4n) is 5.04. The second kappa shape index (κ2) is 22.5. The van der Waals surface area contributed by atoms with Gasteiger partial charge in [0.15, 0.2) is 0 Å². The van der Waals surface area contributed by atoms with Crippen LogP contribution in [-0.4, -0.2) is 4.21 Å². The Hall–Kier alpha value is -1.73. The summed E-state index contributed by atoms with van der Waals surface area (Å²) in [7, 11) is 0. The van der Waals surface area contributed by atoms with E-state index in [0.29, 0.717) is 11.8 Å². The monoisotopic (exact) mass is 838 g/mol. The van der Waals surface area contributed by atoms with Crippen LogP contribution in [-0.2, 0) is 41.5 Å². The molecule has 276 valence electrons. The molecule has 0 nitrogen and oxygen atoms in total. The van der Waals surface area contributed by atoms with Crippen molar-refractivity contribution in [2.45, 2.75) is 93.4 Å². The Balaban J connectivity index is 0.000000706. The van der Waals surface area contributed by atoms with Crippen LogP contribution in [0.3, 0.4) is 0 Å². The van der Waals surface area contributed by atoms with E-state index in [9.17, 15) is 0 Å². The van der Waals surface area contributed by atoms with Crippen molar-refractivity contribution in [1.82, 2.24) is 0 Å². The molecule has 0 bridgehead atoms. The van der Waals surface area contributed by atoms with Gasteiger partial charge in [0, 0.05) is 0 Å². The topological polar surface area (TPSA) is 0 Å². The Morgan fingerprint density at radius 2 is 1.16 bits per heavy atom. The van der Waals surface area contributed by atoms with E-state index < -0.39 is 0 Å². The molecule has 5 heteroatoms. The third kappa shape index (κ3) is 16.4. The number of rotatable bonds is 1. The van der Waals surface area contributed by atoms with Crippen LogP contribution in [0.25, 0.3) is 11.1 Å². The molecule has 0 fully saturated rings. The summed E-state index contributed by atoms with van der Waals surface area (Å²) >= 11 is 12.3. The first kappa shape index (κ1) is 49.3. The van der Waals surface area contributed by atoms with Crippen molar-refractivity contribution >= 4 is 52.2 Å². The van der Waals surface area contributed by atoms with Gasteiger partial charge in [0.2, 0.25) is 0 Å². The number of halogens is 4. The maximum absolute atomic E-state index is 5.52. The minimum atomic E-state index is 0. The molecule has 0 saturated carbocycles. The normalized spacial score (nSPS) is 13.7. The molecule has 1 unspecified atom stereocenters. The Bertz CT molecular complexity index is 1550. The van der Waals surface area contributed by atoms with Crippen LogP contribution in [0.4, 0.5) is 0 Å². The molecule has 0 heterocycles. The molecular weight excluding hydrogens is 786 g/mol. The first-order valence-electron chi connectivity index (χ1n) is 17.0. The van der Waals surface area contributed by atoms with Gasteiger partial charge in [0.05, 0.1) is 0 Å². The van der Waals surface area contributed by atoms with Crippen molar-refractivity contribution in [1.29, 1.82) is 0 Å². The zero-order valence-electron chi connectivity index (χ0n) is 32.3. The minimum absolute atomic E-state index is 0. The third-order valence-electron chi connectivity index (χ3n) is 8.26. The predicted molar refractivity (Wildman–Crippen MR) is 227 cm³/mol. The molecule has 2 aliphatic carbocycles. The maximum atomic E-state index is 5.52. The van der Waals surface area contributed by atoms with Crippen LogP contribution < -0.4 is 0 Å². The van der Waals surface area contributed by atoms with Crippen LogP contribution in [0.15, 0.2) is 96.6 Å². The molecule has 6 rings (SSSR count). The molecule has 0 aliphatic heterocycles. The molecule has 0 N–H and O–H groups in total. The van der Waals surface area contributed by atoms with Crippen LogP contribution >= 0.6 is 48.0 Å². The van der Waals surface area contributed by atoms with Crippen LogP contribution in [0.2, 0.25) is 10.0 Å². The molecule has 0 spiro atoms. The Morgan fingerprint density at radius 1 is 0.686 bits per heavy atom. The molecule has 4 aromatic carbocycles. The van der Waals surface area contributed by atoms with Crippen LogP contribution in [0.5, 0.6) is 0 Å². The Kier molecular flexibility index (Phi) is 21.7. The molecule has 2 aliphatic rings. The summed E-state index contributed by atoms with van der Waals surface area (Å²) in [6, 6.07) is 35.1. The number of hydrogen-bond donors (Lipinski definition) is 0. The standard InChI is InChI=1S/C21H25.C12H19.2C6H4Cl.CH2.2ClH.Zr/c1-20(2,3)16-9-7-14-11-15-8-10-17(21(4,5)6)13-19(15)18(14)12-16;1-9(2)10-6-7-11(8-10)12(3,4)5;2*7-6-4-2-1-3-5-6;;;;/h7,9-10,12-13H,11H2,1-6H3;7-10H,1-5H3;2*2-5H;1H2;2*1H;/q4*-1;;;;.